The molecular weight excluding hydrogens is 226 g/mol. The van der Waals surface area contributed by atoms with Gasteiger partial charge in [0, 0.05) is 6.08 Å². The van der Waals surface area contributed by atoms with Crippen molar-refractivity contribution < 1.29 is 4.92 Å². The molecule has 0 N–H and O–H groups in total. The van der Waals surface area contributed by atoms with Gasteiger partial charge in [-0.3, -0.25) is 10.1 Å². The minimum Gasteiger partial charge on any atom is -0.259 e. The van der Waals surface area contributed by atoms with Crippen molar-refractivity contribution in [1.82, 2.24) is 0 Å². The molecule has 0 saturated carbocycles. The summed E-state index contributed by atoms with van der Waals surface area (Å²) < 4.78 is 0. The lowest BCUT2D eigenvalue weighted by molar-refractivity contribution is -0.400. The van der Waals surface area contributed by atoms with Crippen LogP contribution in [0.5, 0.6) is 0 Å². The molecule has 0 unspecified atom stereocenters. The first-order valence-corrected chi connectivity index (χ1v) is 5.65. The minimum atomic E-state index is -0.443. The Bertz CT molecular complexity index is 589. The van der Waals surface area contributed by atoms with E-state index in [1.807, 2.05) is 55.5 Å². The quantitative estimate of drug-likeness (QED) is 0.602. The number of nitrogens with zero attached hydrogens (tertiary/aromatic N) is 1. The molecule has 0 spiro atoms. The maximum absolute atomic E-state index is 10.5. The van der Waals surface area contributed by atoms with Gasteiger partial charge in [0.15, 0.2) is 0 Å². The highest BCUT2D eigenvalue weighted by molar-refractivity contribution is 5.76. The van der Waals surface area contributed by atoms with Crippen molar-refractivity contribution in [2.75, 3.05) is 0 Å². The summed E-state index contributed by atoms with van der Waals surface area (Å²) in [6, 6.07) is 15.7. The summed E-state index contributed by atoms with van der Waals surface area (Å²) in [4.78, 5) is 10.0. The maximum atomic E-state index is 10.5. The first kappa shape index (κ1) is 12.0. The SMILES string of the molecule is Cc1cccc(-c2ccccc2)c1C=C[N+](=O)[O-]. The number of nitro groups is 1. The fraction of sp³-hybridized carbons (Fsp3) is 0.0667. The van der Waals surface area contributed by atoms with Crippen molar-refractivity contribution in [3.05, 3.63) is 76.0 Å². The normalized spacial score (nSPS) is 10.7. The van der Waals surface area contributed by atoms with Crippen LogP contribution >= 0.6 is 0 Å². The molecule has 3 heteroatoms. The predicted molar refractivity (Wildman–Crippen MR) is 72.6 cm³/mol. The number of aryl methyl sites for hydroxylation is 1. The van der Waals surface area contributed by atoms with Crippen LogP contribution in [0, 0.1) is 17.0 Å². The van der Waals surface area contributed by atoms with Crippen molar-refractivity contribution in [2.45, 2.75) is 6.92 Å². The molecular formula is C15H13NO2. The van der Waals surface area contributed by atoms with Crippen LogP contribution in [-0.2, 0) is 0 Å². The Morgan fingerprint density at radius 3 is 2.44 bits per heavy atom. The van der Waals surface area contributed by atoms with Crippen molar-refractivity contribution in [3.63, 3.8) is 0 Å². The first-order chi connectivity index (χ1) is 8.68. The predicted octanol–water partition coefficient (Wildman–Crippen LogP) is 3.91. The molecule has 2 aromatic carbocycles. The summed E-state index contributed by atoms with van der Waals surface area (Å²) >= 11 is 0. The summed E-state index contributed by atoms with van der Waals surface area (Å²) in [6.07, 6.45) is 2.53. The fourth-order valence-corrected chi connectivity index (χ4v) is 1.91. The third-order valence-electron chi connectivity index (χ3n) is 2.77. The average molecular weight is 239 g/mol. The lowest BCUT2D eigenvalue weighted by atomic mass is 9.96. The smallest absolute Gasteiger partial charge is 0.235 e. The Labute approximate surface area is 106 Å². The van der Waals surface area contributed by atoms with Gasteiger partial charge in [-0.25, -0.2) is 0 Å². The van der Waals surface area contributed by atoms with Crippen molar-refractivity contribution >= 4 is 6.08 Å². The highest BCUT2D eigenvalue weighted by Crippen LogP contribution is 2.27. The Morgan fingerprint density at radius 1 is 1.06 bits per heavy atom. The second-order valence-electron chi connectivity index (χ2n) is 4.00. The van der Waals surface area contributed by atoms with E-state index in [4.69, 9.17) is 0 Å². The molecule has 18 heavy (non-hydrogen) atoms. The third-order valence-corrected chi connectivity index (χ3v) is 2.77. The van der Waals surface area contributed by atoms with E-state index in [0.29, 0.717) is 0 Å². The molecule has 0 amide bonds. The molecule has 0 aliphatic carbocycles. The highest BCUT2D eigenvalue weighted by Gasteiger charge is 2.05. The zero-order valence-corrected chi connectivity index (χ0v) is 10.0. The van der Waals surface area contributed by atoms with Gasteiger partial charge in [0.2, 0.25) is 6.20 Å². The van der Waals surface area contributed by atoms with Gasteiger partial charge in [0.25, 0.3) is 0 Å². The molecule has 0 radical (unpaired) electrons. The Balaban J connectivity index is 2.54. The van der Waals surface area contributed by atoms with Crippen LogP contribution < -0.4 is 0 Å². The number of rotatable bonds is 3. The van der Waals surface area contributed by atoms with Crippen LogP contribution in [0.3, 0.4) is 0 Å². The van der Waals surface area contributed by atoms with Crippen molar-refractivity contribution in [2.24, 2.45) is 0 Å². The molecule has 0 aromatic heterocycles. The Hall–Kier alpha value is -2.42. The largest absolute Gasteiger partial charge is 0.259 e. The van der Waals surface area contributed by atoms with E-state index in [1.165, 1.54) is 0 Å². The lowest BCUT2D eigenvalue weighted by Crippen LogP contribution is -1.89. The molecule has 0 bridgehead atoms. The molecule has 3 nitrogen and oxygen atoms in total. The van der Waals surface area contributed by atoms with Gasteiger partial charge in [0.05, 0.1) is 4.92 Å². The Kier molecular flexibility index (Phi) is 3.53. The molecule has 90 valence electrons. The summed E-state index contributed by atoms with van der Waals surface area (Å²) in [6.45, 7) is 1.95. The number of hydrogen-bond acceptors (Lipinski definition) is 2. The maximum Gasteiger partial charge on any atom is 0.235 e. The fourth-order valence-electron chi connectivity index (χ4n) is 1.91. The van der Waals surface area contributed by atoms with Crippen LogP contribution in [0.15, 0.2) is 54.7 Å². The summed E-state index contributed by atoms with van der Waals surface area (Å²) in [5, 5.41) is 10.5. The molecule has 2 rings (SSSR count). The highest BCUT2D eigenvalue weighted by atomic mass is 16.6. The van der Waals surface area contributed by atoms with E-state index in [9.17, 15) is 10.1 Å². The summed E-state index contributed by atoms with van der Waals surface area (Å²) in [5.41, 5.74) is 3.98. The van der Waals surface area contributed by atoms with E-state index < -0.39 is 4.92 Å². The van der Waals surface area contributed by atoms with Gasteiger partial charge >= 0.3 is 0 Å². The van der Waals surface area contributed by atoms with Crippen LogP contribution in [0.25, 0.3) is 17.2 Å². The monoisotopic (exact) mass is 239 g/mol. The van der Waals surface area contributed by atoms with E-state index in [2.05, 4.69) is 0 Å². The second-order valence-corrected chi connectivity index (χ2v) is 4.00. The van der Waals surface area contributed by atoms with Crippen LogP contribution in [0.1, 0.15) is 11.1 Å². The van der Waals surface area contributed by atoms with Crippen LogP contribution in [0.2, 0.25) is 0 Å². The van der Waals surface area contributed by atoms with Gasteiger partial charge < -0.3 is 0 Å². The summed E-state index contributed by atoms with van der Waals surface area (Å²) in [7, 11) is 0. The van der Waals surface area contributed by atoms with Crippen molar-refractivity contribution in [3.8, 4) is 11.1 Å². The zero-order valence-electron chi connectivity index (χ0n) is 10.0. The number of hydrogen-bond donors (Lipinski definition) is 0. The van der Waals surface area contributed by atoms with Gasteiger partial charge in [-0.1, -0.05) is 48.5 Å². The van der Waals surface area contributed by atoms with Crippen molar-refractivity contribution in [1.29, 1.82) is 0 Å². The molecule has 0 heterocycles. The topological polar surface area (TPSA) is 43.1 Å². The third kappa shape index (κ3) is 2.63. The molecule has 2 aromatic rings. The molecule has 0 atom stereocenters. The Morgan fingerprint density at radius 2 is 1.78 bits per heavy atom. The van der Waals surface area contributed by atoms with E-state index in [-0.39, 0.29) is 0 Å². The standard InChI is InChI=1S/C15H13NO2/c1-12-6-5-9-15(13-7-3-2-4-8-13)14(12)10-11-16(17)18/h2-11H,1H3. The zero-order chi connectivity index (χ0) is 13.0. The van der Waals surface area contributed by atoms with Gasteiger partial charge in [-0.15, -0.1) is 0 Å². The lowest BCUT2D eigenvalue weighted by Gasteiger charge is -2.08. The van der Waals surface area contributed by atoms with E-state index in [0.717, 1.165) is 28.5 Å². The van der Waals surface area contributed by atoms with Gasteiger partial charge in [-0.05, 0) is 29.2 Å². The van der Waals surface area contributed by atoms with Gasteiger partial charge in [-0.2, -0.15) is 0 Å². The van der Waals surface area contributed by atoms with E-state index >= 15 is 0 Å². The molecule has 0 aliphatic heterocycles. The minimum absolute atomic E-state index is 0.443. The van der Waals surface area contributed by atoms with E-state index in [1.54, 1.807) is 6.08 Å². The molecule has 0 saturated heterocycles. The average Bonchev–Trinajstić information content (AvgIpc) is 2.38. The second kappa shape index (κ2) is 5.27. The molecule has 0 fully saturated rings. The van der Waals surface area contributed by atoms with Crippen LogP contribution in [0.4, 0.5) is 0 Å². The van der Waals surface area contributed by atoms with Gasteiger partial charge in [0.1, 0.15) is 0 Å². The first-order valence-electron chi connectivity index (χ1n) is 5.65. The number of benzene rings is 2. The van der Waals surface area contributed by atoms with Crippen LogP contribution in [-0.4, -0.2) is 4.92 Å². The molecule has 0 aliphatic rings. The summed E-state index contributed by atoms with van der Waals surface area (Å²) in [5.74, 6) is 0.